The first-order chi connectivity index (χ1) is 12.8. The van der Waals surface area contributed by atoms with Crippen LogP contribution in [0.15, 0.2) is 24.5 Å². The number of aromatic nitrogens is 1. The summed E-state index contributed by atoms with van der Waals surface area (Å²) >= 11 is 0. The predicted molar refractivity (Wildman–Crippen MR) is 103 cm³/mol. The summed E-state index contributed by atoms with van der Waals surface area (Å²) in [5.41, 5.74) is 1.13. The van der Waals surface area contributed by atoms with Crippen LogP contribution in [0.3, 0.4) is 0 Å². The number of hydrogen-bond acceptors (Lipinski definition) is 4. The molecule has 27 heavy (non-hydrogen) atoms. The number of rotatable bonds is 4. The molecule has 7 nitrogen and oxygen atoms in total. The lowest BCUT2D eigenvalue weighted by atomic mass is 9.72. The van der Waals surface area contributed by atoms with Gasteiger partial charge < -0.3 is 10.2 Å². The lowest BCUT2D eigenvalue weighted by Crippen LogP contribution is -2.62. The fourth-order valence-corrected chi connectivity index (χ4v) is 6.25. The number of sulfonamides is 1. The van der Waals surface area contributed by atoms with E-state index in [1.54, 1.807) is 16.7 Å². The Kier molecular flexibility index (Phi) is 4.66. The molecule has 1 aromatic heterocycles. The smallest absolute Gasteiger partial charge is 0.318 e. The third-order valence-corrected chi connectivity index (χ3v) is 8.40. The first-order valence-corrected chi connectivity index (χ1v) is 11.3. The fourth-order valence-electron chi connectivity index (χ4n) is 4.38. The lowest BCUT2D eigenvalue weighted by molar-refractivity contribution is -0.0178. The molecule has 2 amide bonds. The van der Waals surface area contributed by atoms with E-state index in [2.05, 4.69) is 24.1 Å². The highest BCUT2D eigenvalue weighted by Crippen LogP contribution is 2.48. The number of nitrogens with zero attached hydrogens (tertiary/aromatic N) is 3. The zero-order chi connectivity index (χ0) is 19.2. The second-order valence-electron chi connectivity index (χ2n) is 8.67. The molecule has 3 heterocycles. The summed E-state index contributed by atoms with van der Waals surface area (Å²) in [7, 11) is -3.11. The van der Waals surface area contributed by atoms with Gasteiger partial charge in [-0.3, -0.25) is 4.98 Å². The van der Waals surface area contributed by atoms with Crippen LogP contribution < -0.4 is 5.32 Å². The Morgan fingerprint density at radius 2 is 1.78 bits per heavy atom. The molecule has 8 heteroatoms. The maximum absolute atomic E-state index is 12.8. The van der Waals surface area contributed by atoms with Crippen molar-refractivity contribution in [1.82, 2.24) is 19.5 Å². The third-order valence-electron chi connectivity index (χ3n) is 6.00. The lowest BCUT2D eigenvalue weighted by Gasteiger charge is -2.54. The Hall–Kier alpha value is -1.67. The number of hydrogen-bond donors (Lipinski definition) is 1. The molecule has 2 aliphatic heterocycles. The molecule has 0 bridgehead atoms. The molecule has 1 atom stereocenters. The zero-order valence-electron chi connectivity index (χ0n) is 16.0. The van der Waals surface area contributed by atoms with Crippen LogP contribution in [0.5, 0.6) is 0 Å². The predicted octanol–water partition coefficient (Wildman–Crippen LogP) is 2.13. The van der Waals surface area contributed by atoms with E-state index >= 15 is 0 Å². The Morgan fingerprint density at radius 3 is 2.33 bits per heavy atom. The normalized spacial score (nSPS) is 26.4. The first-order valence-electron chi connectivity index (χ1n) is 9.75. The number of amides is 2. The minimum Gasteiger partial charge on any atom is -0.335 e. The molecule has 148 valence electrons. The van der Waals surface area contributed by atoms with E-state index in [1.165, 1.54) is 0 Å². The van der Waals surface area contributed by atoms with Gasteiger partial charge in [0.25, 0.3) is 0 Å². The van der Waals surface area contributed by atoms with Crippen molar-refractivity contribution in [3.8, 4) is 0 Å². The van der Waals surface area contributed by atoms with Crippen LogP contribution in [0.4, 0.5) is 4.79 Å². The second-order valence-corrected chi connectivity index (χ2v) is 10.9. The Balaban J connectivity index is 1.35. The third kappa shape index (κ3) is 3.57. The molecule has 0 radical (unpaired) electrons. The first kappa shape index (κ1) is 18.7. The van der Waals surface area contributed by atoms with Gasteiger partial charge >= 0.3 is 6.03 Å². The molecule has 4 rings (SSSR count). The number of piperidine rings is 1. The largest absolute Gasteiger partial charge is 0.335 e. The van der Waals surface area contributed by atoms with Gasteiger partial charge in [0.15, 0.2) is 0 Å². The average Bonchev–Trinajstić information content (AvgIpc) is 3.47. The highest BCUT2D eigenvalue weighted by Gasteiger charge is 2.49. The van der Waals surface area contributed by atoms with E-state index in [1.807, 2.05) is 17.0 Å². The molecule has 0 spiro atoms. The van der Waals surface area contributed by atoms with Crippen molar-refractivity contribution in [3.63, 3.8) is 0 Å². The molecule has 1 aliphatic carbocycles. The maximum atomic E-state index is 12.8. The number of nitrogens with one attached hydrogen (secondary N) is 1. The van der Waals surface area contributed by atoms with Gasteiger partial charge in [0.2, 0.25) is 10.0 Å². The van der Waals surface area contributed by atoms with Gasteiger partial charge in [0.1, 0.15) is 0 Å². The molecule has 1 aromatic rings. The van der Waals surface area contributed by atoms with Gasteiger partial charge in [-0.05, 0) is 43.4 Å². The molecule has 1 unspecified atom stereocenters. The van der Waals surface area contributed by atoms with Crippen LogP contribution in [-0.2, 0) is 10.0 Å². The maximum Gasteiger partial charge on any atom is 0.318 e. The summed E-state index contributed by atoms with van der Waals surface area (Å²) in [6.07, 6.45) is 6.45. The summed E-state index contributed by atoms with van der Waals surface area (Å²) in [6, 6.07) is 3.95. The van der Waals surface area contributed by atoms with Crippen LogP contribution in [0, 0.1) is 5.41 Å². The molecule has 3 fully saturated rings. The van der Waals surface area contributed by atoms with E-state index in [9.17, 15) is 13.2 Å². The molecular formula is C19H28N4O3S. The van der Waals surface area contributed by atoms with Crippen LogP contribution in [-0.4, -0.2) is 59.6 Å². The minimum atomic E-state index is -3.11. The highest BCUT2D eigenvalue weighted by atomic mass is 32.2. The van der Waals surface area contributed by atoms with Crippen molar-refractivity contribution in [2.24, 2.45) is 5.41 Å². The molecule has 3 aliphatic rings. The number of carbonyl (C=O) groups excluding carboxylic acids is 1. The number of urea groups is 1. The van der Waals surface area contributed by atoms with E-state index in [0.29, 0.717) is 32.5 Å². The van der Waals surface area contributed by atoms with Crippen molar-refractivity contribution < 1.29 is 13.2 Å². The van der Waals surface area contributed by atoms with Gasteiger partial charge in [0, 0.05) is 43.5 Å². The second kappa shape index (κ2) is 6.74. The van der Waals surface area contributed by atoms with Gasteiger partial charge in [-0.2, -0.15) is 0 Å². The number of carbonyl (C=O) groups is 1. The summed E-state index contributed by atoms with van der Waals surface area (Å²) in [5, 5.41) is 2.97. The van der Waals surface area contributed by atoms with Crippen LogP contribution in [0.25, 0.3) is 0 Å². The molecule has 1 N–H and O–H groups in total. The van der Waals surface area contributed by atoms with Crippen LogP contribution in [0.1, 0.15) is 51.1 Å². The van der Waals surface area contributed by atoms with E-state index in [-0.39, 0.29) is 28.8 Å². The van der Waals surface area contributed by atoms with Crippen molar-refractivity contribution in [1.29, 1.82) is 0 Å². The number of likely N-dealkylation sites (tertiary alicyclic amines) is 1. The van der Waals surface area contributed by atoms with E-state index in [0.717, 1.165) is 18.4 Å². The summed E-state index contributed by atoms with van der Waals surface area (Å²) < 4.78 is 26.3. The fraction of sp³-hybridized carbons (Fsp3) is 0.684. The summed E-state index contributed by atoms with van der Waals surface area (Å²) in [5.74, 6) is 0. The Bertz CT molecular complexity index is 800. The van der Waals surface area contributed by atoms with Crippen molar-refractivity contribution in [2.75, 3.05) is 19.6 Å². The molecule has 1 saturated carbocycles. The molecule has 2 saturated heterocycles. The Morgan fingerprint density at radius 1 is 1.15 bits per heavy atom. The monoisotopic (exact) mass is 392 g/mol. The van der Waals surface area contributed by atoms with Crippen molar-refractivity contribution in [2.45, 2.75) is 56.9 Å². The van der Waals surface area contributed by atoms with Gasteiger partial charge in [-0.1, -0.05) is 13.8 Å². The van der Waals surface area contributed by atoms with E-state index in [4.69, 9.17) is 0 Å². The SMILES string of the molecule is CC1(C)CN(C(=O)NC2CCN(S(=O)(=O)C3CC3)CC2)C1c1ccncc1. The minimum absolute atomic E-state index is 0.0282. The molecular weight excluding hydrogens is 364 g/mol. The average molecular weight is 393 g/mol. The summed E-state index contributed by atoms with van der Waals surface area (Å²) in [6.45, 7) is 6.05. The van der Waals surface area contributed by atoms with Gasteiger partial charge in [0.05, 0.1) is 11.3 Å². The van der Waals surface area contributed by atoms with Gasteiger partial charge in [-0.25, -0.2) is 17.5 Å². The van der Waals surface area contributed by atoms with Crippen molar-refractivity contribution >= 4 is 16.1 Å². The quantitative estimate of drug-likeness (QED) is 0.851. The van der Waals surface area contributed by atoms with Crippen LogP contribution >= 0.6 is 0 Å². The van der Waals surface area contributed by atoms with Gasteiger partial charge in [-0.15, -0.1) is 0 Å². The topological polar surface area (TPSA) is 82.6 Å². The molecule has 0 aromatic carbocycles. The Labute approximate surface area is 161 Å². The highest BCUT2D eigenvalue weighted by molar-refractivity contribution is 7.90. The summed E-state index contributed by atoms with van der Waals surface area (Å²) in [4.78, 5) is 18.8. The number of pyridine rings is 1. The van der Waals surface area contributed by atoms with Crippen LogP contribution in [0.2, 0.25) is 0 Å². The standard InChI is InChI=1S/C19H28N4O3S/c1-19(2)13-23(17(19)14-5-9-20-10-6-14)18(24)21-15-7-11-22(12-8-15)27(25,26)16-3-4-16/h5-6,9-10,15-17H,3-4,7-8,11-13H2,1-2H3,(H,21,24). The van der Waals surface area contributed by atoms with E-state index < -0.39 is 10.0 Å². The zero-order valence-corrected chi connectivity index (χ0v) is 16.8. The van der Waals surface area contributed by atoms with Crippen molar-refractivity contribution in [3.05, 3.63) is 30.1 Å².